The van der Waals surface area contributed by atoms with Gasteiger partial charge in [0.2, 0.25) is 0 Å². The zero-order valence-electron chi connectivity index (χ0n) is 12.1. The first-order valence-corrected chi connectivity index (χ1v) is 7.12. The number of nitrogens with two attached hydrogens (primary N) is 1. The van der Waals surface area contributed by atoms with Crippen LogP contribution >= 0.6 is 0 Å². The average molecular weight is 282 g/mol. The summed E-state index contributed by atoms with van der Waals surface area (Å²) in [6.07, 6.45) is -0.00351. The summed E-state index contributed by atoms with van der Waals surface area (Å²) in [6, 6.07) is 4.68. The number of morpholine rings is 1. The third-order valence-corrected chi connectivity index (χ3v) is 3.58. The number of likely N-dealkylation sites (N-methyl/N-ethyl adjacent to an activating group) is 1. The molecule has 1 fully saturated rings. The number of ether oxygens (including phenoxy) is 2. The van der Waals surface area contributed by atoms with Crippen LogP contribution in [0, 0.1) is 5.82 Å². The largest absolute Gasteiger partial charge is 0.488 e. The molecule has 1 aromatic rings. The predicted molar refractivity (Wildman–Crippen MR) is 76.4 cm³/mol. The third kappa shape index (κ3) is 3.91. The van der Waals surface area contributed by atoms with E-state index in [-0.39, 0.29) is 23.7 Å². The van der Waals surface area contributed by atoms with Gasteiger partial charge in [-0.05, 0) is 31.2 Å². The van der Waals surface area contributed by atoms with Gasteiger partial charge in [-0.2, -0.15) is 0 Å². The number of halogens is 1. The standard InChI is InChI=1S/C15H23FN2O2/c1-3-18-6-7-19-13(9-18)10-20-15-5-4-12(11(2)17)8-14(15)16/h4-5,8,11,13H,3,6-7,9-10,17H2,1-2H3/t11-,13?/m0/s1. The van der Waals surface area contributed by atoms with E-state index in [0.29, 0.717) is 13.2 Å². The van der Waals surface area contributed by atoms with E-state index < -0.39 is 0 Å². The SMILES string of the molecule is CCN1CCOC(COc2ccc([C@H](C)N)cc2F)C1. The van der Waals surface area contributed by atoms with Gasteiger partial charge in [-0.25, -0.2) is 4.39 Å². The van der Waals surface area contributed by atoms with E-state index in [0.717, 1.165) is 25.2 Å². The van der Waals surface area contributed by atoms with E-state index >= 15 is 0 Å². The lowest BCUT2D eigenvalue weighted by Crippen LogP contribution is -2.44. The summed E-state index contributed by atoms with van der Waals surface area (Å²) in [4.78, 5) is 2.30. The van der Waals surface area contributed by atoms with Crippen LogP contribution in [0.15, 0.2) is 18.2 Å². The van der Waals surface area contributed by atoms with Gasteiger partial charge in [-0.1, -0.05) is 13.0 Å². The number of benzene rings is 1. The Labute approximate surface area is 119 Å². The summed E-state index contributed by atoms with van der Waals surface area (Å²) in [5, 5.41) is 0. The van der Waals surface area contributed by atoms with E-state index in [1.807, 2.05) is 6.92 Å². The number of rotatable bonds is 5. The summed E-state index contributed by atoms with van der Waals surface area (Å²) in [6.45, 7) is 7.79. The van der Waals surface area contributed by atoms with E-state index in [9.17, 15) is 4.39 Å². The van der Waals surface area contributed by atoms with Gasteiger partial charge < -0.3 is 15.2 Å². The Morgan fingerprint density at radius 2 is 2.35 bits per heavy atom. The van der Waals surface area contributed by atoms with Gasteiger partial charge >= 0.3 is 0 Å². The summed E-state index contributed by atoms with van der Waals surface area (Å²) in [5.74, 6) is -0.116. The molecule has 1 aromatic carbocycles. The minimum Gasteiger partial charge on any atom is -0.488 e. The van der Waals surface area contributed by atoms with Crippen LogP contribution in [0.1, 0.15) is 25.5 Å². The number of hydrogen-bond acceptors (Lipinski definition) is 4. The molecule has 0 saturated carbocycles. The third-order valence-electron chi connectivity index (χ3n) is 3.58. The monoisotopic (exact) mass is 282 g/mol. The molecule has 1 saturated heterocycles. The molecule has 0 radical (unpaired) electrons. The van der Waals surface area contributed by atoms with E-state index in [4.69, 9.17) is 15.2 Å². The molecule has 1 unspecified atom stereocenters. The molecule has 1 aliphatic rings. The molecule has 5 heteroatoms. The van der Waals surface area contributed by atoms with Crippen LogP contribution in [-0.2, 0) is 4.74 Å². The van der Waals surface area contributed by atoms with Gasteiger partial charge in [-0.3, -0.25) is 4.90 Å². The zero-order chi connectivity index (χ0) is 14.5. The second-order valence-corrected chi connectivity index (χ2v) is 5.18. The quantitative estimate of drug-likeness (QED) is 0.896. The highest BCUT2D eigenvalue weighted by Crippen LogP contribution is 2.21. The van der Waals surface area contributed by atoms with Crippen molar-refractivity contribution >= 4 is 0 Å². The number of nitrogens with zero attached hydrogens (tertiary/aromatic N) is 1. The molecule has 20 heavy (non-hydrogen) atoms. The fourth-order valence-corrected chi connectivity index (χ4v) is 2.27. The lowest BCUT2D eigenvalue weighted by atomic mass is 10.1. The molecule has 1 aliphatic heterocycles. The van der Waals surface area contributed by atoms with Crippen molar-refractivity contribution in [2.24, 2.45) is 5.73 Å². The molecular formula is C15H23FN2O2. The van der Waals surface area contributed by atoms with Gasteiger partial charge in [0, 0.05) is 19.1 Å². The summed E-state index contributed by atoms with van der Waals surface area (Å²) in [7, 11) is 0. The van der Waals surface area contributed by atoms with Crippen molar-refractivity contribution in [3.05, 3.63) is 29.6 Å². The van der Waals surface area contributed by atoms with Gasteiger partial charge in [-0.15, -0.1) is 0 Å². The Morgan fingerprint density at radius 1 is 1.55 bits per heavy atom. The highest BCUT2D eigenvalue weighted by molar-refractivity contribution is 5.30. The Hall–Kier alpha value is -1.17. The molecule has 0 spiro atoms. The molecule has 0 amide bonds. The lowest BCUT2D eigenvalue weighted by molar-refractivity contribution is -0.0468. The lowest BCUT2D eigenvalue weighted by Gasteiger charge is -2.31. The Morgan fingerprint density at radius 3 is 3.00 bits per heavy atom. The first-order chi connectivity index (χ1) is 9.60. The van der Waals surface area contributed by atoms with Crippen LogP contribution in [0.3, 0.4) is 0 Å². The molecule has 0 aromatic heterocycles. The zero-order valence-corrected chi connectivity index (χ0v) is 12.1. The van der Waals surface area contributed by atoms with Crippen LogP contribution in [0.4, 0.5) is 4.39 Å². The minimum absolute atomic E-state index is 0.00351. The van der Waals surface area contributed by atoms with Crippen molar-refractivity contribution in [1.82, 2.24) is 4.90 Å². The predicted octanol–water partition coefficient (Wildman–Crippen LogP) is 1.94. The summed E-state index contributed by atoms with van der Waals surface area (Å²) >= 11 is 0. The fourth-order valence-electron chi connectivity index (χ4n) is 2.27. The second-order valence-electron chi connectivity index (χ2n) is 5.18. The Kier molecular flexibility index (Phi) is 5.34. The van der Waals surface area contributed by atoms with E-state index in [1.54, 1.807) is 12.1 Å². The second kappa shape index (κ2) is 7.02. The van der Waals surface area contributed by atoms with Crippen molar-refractivity contribution in [2.45, 2.75) is 26.0 Å². The average Bonchev–Trinajstić information content (AvgIpc) is 2.46. The van der Waals surface area contributed by atoms with E-state index in [2.05, 4.69) is 11.8 Å². The first-order valence-electron chi connectivity index (χ1n) is 7.12. The fraction of sp³-hybridized carbons (Fsp3) is 0.600. The van der Waals surface area contributed by atoms with Crippen molar-refractivity contribution < 1.29 is 13.9 Å². The van der Waals surface area contributed by atoms with Crippen LogP contribution in [0.5, 0.6) is 5.75 Å². The Balaban J connectivity index is 1.90. The van der Waals surface area contributed by atoms with Crippen LogP contribution < -0.4 is 10.5 Å². The number of hydrogen-bond donors (Lipinski definition) is 1. The molecule has 112 valence electrons. The van der Waals surface area contributed by atoms with Crippen molar-refractivity contribution in [1.29, 1.82) is 0 Å². The first kappa shape index (κ1) is 15.2. The molecule has 2 N–H and O–H groups in total. The maximum atomic E-state index is 13.9. The highest BCUT2D eigenvalue weighted by Gasteiger charge is 2.20. The molecule has 0 bridgehead atoms. The van der Waals surface area contributed by atoms with Gasteiger partial charge in [0.05, 0.1) is 6.61 Å². The Bertz CT molecular complexity index is 440. The van der Waals surface area contributed by atoms with Gasteiger partial charge in [0.15, 0.2) is 11.6 Å². The molecule has 2 atom stereocenters. The molecule has 2 rings (SSSR count). The van der Waals surface area contributed by atoms with Gasteiger partial charge in [0.1, 0.15) is 12.7 Å². The topological polar surface area (TPSA) is 47.7 Å². The maximum absolute atomic E-state index is 13.9. The normalized spacial score (nSPS) is 21.7. The minimum atomic E-state index is -0.372. The molecule has 1 heterocycles. The summed E-state index contributed by atoms with van der Waals surface area (Å²) < 4.78 is 25.0. The molecule has 0 aliphatic carbocycles. The van der Waals surface area contributed by atoms with Gasteiger partial charge in [0.25, 0.3) is 0 Å². The van der Waals surface area contributed by atoms with Crippen molar-refractivity contribution in [3.8, 4) is 5.75 Å². The van der Waals surface area contributed by atoms with Crippen LogP contribution in [-0.4, -0.2) is 43.9 Å². The van der Waals surface area contributed by atoms with Crippen molar-refractivity contribution in [2.75, 3.05) is 32.8 Å². The smallest absolute Gasteiger partial charge is 0.165 e. The summed E-state index contributed by atoms with van der Waals surface area (Å²) in [5.41, 5.74) is 6.49. The van der Waals surface area contributed by atoms with E-state index in [1.165, 1.54) is 6.07 Å². The van der Waals surface area contributed by atoms with Crippen LogP contribution in [0.25, 0.3) is 0 Å². The molecular weight excluding hydrogens is 259 g/mol. The van der Waals surface area contributed by atoms with Crippen LogP contribution in [0.2, 0.25) is 0 Å². The maximum Gasteiger partial charge on any atom is 0.165 e. The molecule has 4 nitrogen and oxygen atoms in total. The van der Waals surface area contributed by atoms with Crippen molar-refractivity contribution in [3.63, 3.8) is 0 Å². The highest BCUT2D eigenvalue weighted by atomic mass is 19.1.